The van der Waals surface area contributed by atoms with E-state index in [1.54, 1.807) is 0 Å². The van der Waals surface area contributed by atoms with Crippen LogP contribution in [0.4, 0.5) is 0 Å². The Hall–Kier alpha value is -1.02. The number of aromatic nitrogens is 2. The highest BCUT2D eigenvalue weighted by Crippen LogP contribution is 2.15. The van der Waals surface area contributed by atoms with E-state index in [1.807, 2.05) is 25.1 Å². The van der Waals surface area contributed by atoms with Crippen molar-refractivity contribution < 1.29 is 0 Å². The second-order valence-electron chi connectivity index (χ2n) is 2.55. The fraction of sp³-hybridized carbons (Fsp3) is 0.125. The Morgan fingerprint density at radius 2 is 2.27 bits per heavy atom. The molecule has 1 heterocycles. The fourth-order valence-electron chi connectivity index (χ4n) is 1.09. The lowest BCUT2D eigenvalue weighted by Crippen LogP contribution is -1.71. The lowest BCUT2D eigenvalue weighted by atomic mass is 10.2. The highest BCUT2D eigenvalue weighted by atomic mass is 35.5. The zero-order valence-electron chi connectivity index (χ0n) is 6.06. The van der Waals surface area contributed by atoms with Crippen LogP contribution in [0.25, 0.3) is 11.0 Å². The number of H-pyrrole nitrogens is 1. The second-order valence-corrected chi connectivity index (χ2v) is 2.91. The summed E-state index contributed by atoms with van der Waals surface area (Å²) in [4.78, 5) is 7.02. The van der Waals surface area contributed by atoms with Crippen LogP contribution in [0.2, 0.25) is 5.28 Å². The van der Waals surface area contributed by atoms with E-state index >= 15 is 0 Å². The Morgan fingerprint density at radius 3 is 3.09 bits per heavy atom. The van der Waals surface area contributed by atoms with Gasteiger partial charge in [0.25, 0.3) is 0 Å². The minimum Gasteiger partial charge on any atom is -0.329 e. The van der Waals surface area contributed by atoms with E-state index in [9.17, 15) is 0 Å². The van der Waals surface area contributed by atoms with Gasteiger partial charge in [0.15, 0.2) is 0 Å². The summed E-state index contributed by atoms with van der Waals surface area (Å²) in [6.07, 6.45) is 0. The van der Waals surface area contributed by atoms with Gasteiger partial charge in [-0.2, -0.15) is 0 Å². The first kappa shape index (κ1) is 6.68. The summed E-state index contributed by atoms with van der Waals surface area (Å²) in [5.41, 5.74) is 3.12. The van der Waals surface area contributed by atoms with Gasteiger partial charge in [0.05, 0.1) is 11.0 Å². The van der Waals surface area contributed by atoms with Gasteiger partial charge < -0.3 is 4.98 Å². The quantitative estimate of drug-likeness (QED) is 0.640. The van der Waals surface area contributed by atoms with Crippen molar-refractivity contribution in [3.05, 3.63) is 29.0 Å². The van der Waals surface area contributed by atoms with Crippen molar-refractivity contribution in [2.45, 2.75) is 6.92 Å². The first-order valence-electron chi connectivity index (χ1n) is 3.37. The van der Waals surface area contributed by atoms with Crippen LogP contribution in [-0.4, -0.2) is 9.97 Å². The molecule has 0 fully saturated rings. The molecular weight excluding hydrogens is 160 g/mol. The van der Waals surface area contributed by atoms with Gasteiger partial charge in [-0.05, 0) is 36.2 Å². The van der Waals surface area contributed by atoms with Gasteiger partial charge >= 0.3 is 0 Å². The Morgan fingerprint density at radius 1 is 1.45 bits per heavy atom. The first-order valence-corrected chi connectivity index (χ1v) is 3.75. The van der Waals surface area contributed by atoms with E-state index in [-0.39, 0.29) is 0 Å². The molecule has 0 unspecified atom stereocenters. The summed E-state index contributed by atoms with van der Waals surface area (Å²) >= 11 is 5.67. The predicted molar refractivity (Wildman–Crippen MR) is 45.8 cm³/mol. The Balaban J connectivity index is 2.82. The predicted octanol–water partition coefficient (Wildman–Crippen LogP) is 2.52. The number of aryl methyl sites for hydroxylation is 1. The Kier molecular flexibility index (Phi) is 1.36. The number of rotatable bonds is 0. The van der Waals surface area contributed by atoms with Gasteiger partial charge in [0.1, 0.15) is 0 Å². The molecule has 0 radical (unpaired) electrons. The van der Waals surface area contributed by atoms with Crippen LogP contribution < -0.4 is 0 Å². The number of benzene rings is 1. The lowest BCUT2D eigenvalue weighted by molar-refractivity contribution is 1.34. The molecule has 0 spiro atoms. The molecule has 0 saturated heterocycles. The maximum atomic E-state index is 5.67. The van der Waals surface area contributed by atoms with E-state index in [0.29, 0.717) is 5.28 Å². The molecule has 2 aromatic rings. The minimum absolute atomic E-state index is 0.450. The van der Waals surface area contributed by atoms with Gasteiger partial charge in [-0.25, -0.2) is 4.98 Å². The topological polar surface area (TPSA) is 28.7 Å². The lowest BCUT2D eigenvalue weighted by Gasteiger charge is -1.89. The molecular formula is C8H7ClN2. The van der Waals surface area contributed by atoms with Crippen molar-refractivity contribution in [1.29, 1.82) is 0 Å². The Bertz CT molecular complexity index is 392. The highest BCUT2D eigenvalue weighted by molar-refractivity contribution is 6.29. The number of nitrogens with one attached hydrogen (secondary N) is 1. The molecule has 2 rings (SSSR count). The van der Waals surface area contributed by atoms with E-state index in [2.05, 4.69) is 9.97 Å². The van der Waals surface area contributed by atoms with E-state index in [1.165, 1.54) is 5.56 Å². The molecule has 1 aromatic heterocycles. The molecule has 0 aliphatic carbocycles. The molecule has 0 atom stereocenters. The zero-order valence-corrected chi connectivity index (χ0v) is 6.81. The number of aromatic amines is 1. The van der Waals surface area contributed by atoms with Crippen LogP contribution in [-0.2, 0) is 0 Å². The van der Waals surface area contributed by atoms with E-state index < -0.39 is 0 Å². The maximum Gasteiger partial charge on any atom is 0.201 e. The van der Waals surface area contributed by atoms with Crippen molar-refractivity contribution in [3.63, 3.8) is 0 Å². The molecule has 0 aliphatic heterocycles. The zero-order chi connectivity index (χ0) is 7.84. The number of nitrogens with zero attached hydrogens (tertiary/aromatic N) is 1. The summed E-state index contributed by atoms with van der Waals surface area (Å²) in [6, 6.07) is 5.99. The van der Waals surface area contributed by atoms with Gasteiger partial charge in [0.2, 0.25) is 5.28 Å². The summed E-state index contributed by atoms with van der Waals surface area (Å²) in [7, 11) is 0. The number of imidazole rings is 1. The SMILES string of the molecule is Cc1ccc2nc(Cl)[nH]c2c1. The van der Waals surface area contributed by atoms with Gasteiger partial charge in [0, 0.05) is 0 Å². The van der Waals surface area contributed by atoms with Crippen LogP contribution in [0, 0.1) is 6.92 Å². The fourth-order valence-corrected chi connectivity index (χ4v) is 1.29. The normalized spacial score (nSPS) is 10.7. The monoisotopic (exact) mass is 166 g/mol. The van der Waals surface area contributed by atoms with Crippen LogP contribution >= 0.6 is 11.6 Å². The van der Waals surface area contributed by atoms with Crippen LogP contribution in [0.1, 0.15) is 5.56 Å². The van der Waals surface area contributed by atoms with Gasteiger partial charge in [-0.15, -0.1) is 0 Å². The molecule has 56 valence electrons. The third-order valence-electron chi connectivity index (χ3n) is 1.61. The summed E-state index contributed by atoms with van der Waals surface area (Å²) in [5.74, 6) is 0. The Labute approximate surface area is 69.2 Å². The number of hydrogen-bond donors (Lipinski definition) is 1. The molecule has 3 heteroatoms. The first-order chi connectivity index (χ1) is 5.25. The third kappa shape index (κ3) is 1.10. The molecule has 1 N–H and O–H groups in total. The van der Waals surface area contributed by atoms with Crippen LogP contribution in [0.3, 0.4) is 0 Å². The molecule has 2 nitrogen and oxygen atoms in total. The van der Waals surface area contributed by atoms with Crippen LogP contribution in [0.5, 0.6) is 0 Å². The standard InChI is InChI=1S/C8H7ClN2/c1-5-2-3-6-7(4-5)11-8(9)10-6/h2-4H,1H3,(H,10,11). The highest BCUT2D eigenvalue weighted by Gasteiger charge is 1.98. The maximum absolute atomic E-state index is 5.67. The molecule has 0 bridgehead atoms. The molecule has 0 amide bonds. The van der Waals surface area contributed by atoms with Crippen molar-refractivity contribution in [3.8, 4) is 0 Å². The van der Waals surface area contributed by atoms with Crippen molar-refractivity contribution in [1.82, 2.24) is 9.97 Å². The largest absolute Gasteiger partial charge is 0.329 e. The average Bonchev–Trinajstić information content (AvgIpc) is 2.27. The second kappa shape index (κ2) is 2.24. The molecule has 1 aromatic carbocycles. The molecule has 11 heavy (non-hydrogen) atoms. The van der Waals surface area contributed by atoms with Crippen molar-refractivity contribution in [2.24, 2.45) is 0 Å². The molecule has 0 aliphatic rings. The number of hydrogen-bond acceptors (Lipinski definition) is 1. The van der Waals surface area contributed by atoms with Crippen molar-refractivity contribution >= 4 is 22.6 Å². The van der Waals surface area contributed by atoms with Gasteiger partial charge in [-0.3, -0.25) is 0 Å². The van der Waals surface area contributed by atoms with Crippen LogP contribution in [0.15, 0.2) is 18.2 Å². The van der Waals surface area contributed by atoms with Gasteiger partial charge in [-0.1, -0.05) is 6.07 Å². The summed E-state index contributed by atoms with van der Waals surface area (Å²) in [5, 5.41) is 0.450. The molecule has 0 saturated carbocycles. The minimum atomic E-state index is 0.450. The number of fused-ring (bicyclic) bond motifs is 1. The summed E-state index contributed by atoms with van der Waals surface area (Å²) in [6.45, 7) is 2.04. The average molecular weight is 167 g/mol. The number of halogens is 1. The van der Waals surface area contributed by atoms with E-state index in [4.69, 9.17) is 11.6 Å². The van der Waals surface area contributed by atoms with Crippen molar-refractivity contribution in [2.75, 3.05) is 0 Å². The summed E-state index contributed by atoms with van der Waals surface area (Å²) < 4.78 is 0. The smallest absolute Gasteiger partial charge is 0.201 e. The third-order valence-corrected chi connectivity index (χ3v) is 1.79. The van der Waals surface area contributed by atoms with E-state index in [0.717, 1.165) is 11.0 Å².